The third-order valence-electron chi connectivity index (χ3n) is 4.38. The van der Waals surface area contributed by atoms with Crippen molar-refractivity contribution in [1.82, 2.24) is 4.57 Å². The van der Waals surface area contributed by atoms with Gasteiger partial charge in [-0.2, -0.15) is 0 Å². The minimum atomic E-state index is -0.662. The monoisotopic (exact) mass is 407 g/mol. The number of carbonyl (C=O) groups is 2. The molecule has 2 aromatic carbocycles. The number of ether oxygens (including phenoxy) is 2. The summed E-state index contributed by atoms with van der Waals surface area (Å²) in [7, 11) is 0. The normalized spacial score (nSPS) is 12.1. The molecular formula is C25H29NO4. The Balaban J connectivity index is 2.26. The van der Waals surface area contributed by atoms with Gasteiger partial charge in [-0.1, -0.05) is 30.3 Å². The van der Waals surface area contributed by atoms with Gasteiger partial charge in [0.25, 0.3) is 0 Å². The fraction of sp³-hybridized carbons (Fsp3) is 0.360. The molecule has 5 heteroatoms. The minimum absolute atomic E-state index is 0.334. The summed E-state index contributed by atoms with van der Waals surface area (Å²) in [6.45, 7) is 12.7. The summed E-state index contributed by atoms with van der Waals surface area (Å²) in [5.41, 5.74) is 2.06. The molecule has 0 radical (unpaired) electrons. The van der Waals surface area contributed by atoms with Crippen molar-refractivity contribution in [2.75, 3.05) is 0 Å². The molecule has 0 N–H and O–H groups in total. The topological polar surface area (TPSA) is 57.5 Å². The first-order valence-corrected chi connectivity index (χ1v) is 10.0. The Morgan fingerprint density at radius 2 is 1.40 bits per heavy atom. The summed E-state index contributed by atoms with van der Waals surface area (Å²) in [5.74, 6) is -0.479. The number of rotatable bonds is 2. The van der Waals surface area contributed by atoms with Crippen LogP contribution < -0.4 is 0 Å². The molecular weight excluding hydrogens is 378 g/mol. The van der Waals surface area contributed by atoms with Crippen LogP contribution in [0.2, 0.25) is 0 Å². The minimum Gasteiger partial charge on any atom is -0.456 e. The van der Waals surface area contributed by atoms with E-state index in [0.29, 0.717) is 16.8 Å². The molecule has 0 aliphatic carbocycles. The van der Waals surface area contributed by atoms with E-state index in [1.54, 1.807) is 6.07 Å². The van der Waals surface area contributed by atoms with Crippen molar-refractivity contribution in [2.45, 2.75) is 59.7 Å². The lowest BCUT2D eigenvalue weighted by Crippen LogP contribution is -2.28. The van der Waals surface area contributed by atoms with Gasteiger partial charge in [-0.15, -0.1) is 0 Å². The maximum absolute atomic E-state index is 13.1. The molecule has 0 bridgehead atoms. The van der Waals surface area contributed by atoms with Gasteiger partial charge in [-0.3, -0.25) is 0 Å². The van der Waals surface area contributed by atoms with Crippen LogP contribution in [0, 0.1) is 6.92 Å². The number of aryl methyl sites for hydroxylation is 1. The van der Waals surface area contributed by atoms with Crippen molar-refractivity contribution in [1.29, 1.82) is 0 Å². The Morgan fingerprint density at radius 1 is 0.800 bits per heavy atom. The first kappa shape index (κ1) is 21.6. The van der Waals surface area contributed by atoms with E-state index in [9.17, 15) is 9.59 Å². The third kappa shape index (κ3) is 4.73. The molecule has 0 aliphatic rings. The van der Waals surface area contributed by atoms with Crippen molar-refractivity contribution < 1.29 is 19.1 Å². The number of fused-ring (bicyclic) bond motifs is 1. The molecule has 1 aromatic heterocycles. The van der Waals surface area contributed by atoms with Gasteiger partial charge >= 0.3 is 12.1 Å². The molecule has 158 valence electrons. The van der Waals surface area contributed by atoms with Crippen LogP contribution in [0.25, 0.3) is 22.0 Å². The second-order valence-corrected chi connectivity index (χ2v) is 9.43. The zero-order valence-electron chi connectivity index (χ0n) is 18.7. The highest BCUT2D eigenvalue weighted by molar-refractivity contribution is 6.08. The Bertz CT molecular complexity index is 1100. The fourth-order valence-electron chi connectivity index (χ4n) is 3.31. The lowest BCUT2D eigenvalue weighted by molar-refractivity contribution is 0.00716. The third-order valence-corrected chi connectivity index (χ3v) is 4.38. The number of nitrogens with zero attached hydrogens (tertiary/aromatic N) is 1. The lowest BCUT2D eigenvalue weighted by Gasteiger charge is -2.22. The van der Waals surface area contributed by atoms with Gasteiger partial charge in [-0.25, -0.2) is 14.2 Å². The Hall–Kier alpha value is -3.08. The van der Waals surface area contributed by atoms with Crippen LogP contribution in [0.1, 0.15) is 57.6 Å². The first-order chi connectivity index (χ1) is 13.9. The molecule has 30 heavy (non-hydrogen) atoms. The molecule has 0 spiro atoms. The molecule has 3 aromatic rings. The number of aromatic nitrogens is 1. The van der Waals surface area contributed by atoms with Crippen molar-refractivity contribution in [3.8, 4) is 11.1 Å². The molecule has 5 nitrogen and oxygen atoms in total. The van der Waals surface area contributed by atoms with E-state index in [4.69, 9.17) is 9.47 Å². The SMILES string of the molecule is Cc1cc2cc(-c3ccccc3)cc(C(=O)OC(C)(C)C)c2n1C(=O)OC(C)(C)C. The molecule has 0 unspecified atom stereocenters. The standard InChI is InChI=1S/C25H29NO4/c1-16-13-19-14-18(17-11-9-8-10-12-17)15-20(22(27)29-24(2,3)4)21(19)26(16)23(28)30-25(5,6)7/h8-15H,1-7H3. The van der Waals surface area contributed by atoms with Crippen LogP contribution in [-0.4, -0.2) is 27.8 Å². The van der Waals surface area contributed by atoms with Gasteiger partial charge in [0.2, 0.25) is 0 Å². The molecule has 0 fully saturated rings. The zero-order valence-corrected chi connectivity index (χ0v) is 18.7. The average molecular weight is 408 g/mol. The van der Waals surface area contributed by atoms with Crippen molar-refractivity contribution in [2.24, 2.45) is 0 Å². The van der Waals surface area contributed by atoms with E-state index in [1.165, 1.54) is 4.57 Å². The van der Waals surface area contributed by atoms with Gasteiger partial charge in [0.05, 0.1) is 11.1 Å². The van der Waals surface area contributed by atoms with Gasteiger partial charge < -0.3 is 9.47 Å². The highest BCUT2D eigenvalue weighted by Crippen LogP contribution is 2.32. The second kappa shape index (κ2) is 7.63. The highest BCUT2D eigenvalue weighted by Gasteiger charge is 2.27. The average Bonchev–Trinajstić information content (AvgIpc) is 2.94. The van der Waals surface area contributed by atoms with Crippen LogP contribution in [0.5, 0.6) is 0 Å². The van der Waals surface area contributed by atoms with E-state index in [2.05, 4.69) is 0 Å². The molecule has 1 heterocycles. The van der Waals surface area contributed by atoms with E-state index in [-0.39, 0.29) is 0 Å². The predicted octanol–water partition coefficient (Wildman–Crippen LogP) is 6.36. The van der Waals surface area contributed by atoms with E-state index in [0.717, 1.165) is 16.5 Å². The van der Waals surface area contributed by atoms with Crippen molar-refractivity contribution in [3.63, 3.8) is 0 Å². The van der Waals surface area contributed by atoms with Crippen LogP contribution >= 0.6 is 0 Å². The summed E-state index contributed by atoms with van der Waals surface area (Å²) in [6.07, 6.45) is -0.521. The first-order valence-electron chi connectivity index (χ1n) is 10.0. The zero-order chi connectivity index (χ0) is 22.3. The van der Waals surface area contributed by atoms with Crippen molar-refractivity contribution >= 4 is 23.0 Å². The number of hydrogen-bond acceptors (Lipinski definition) is 4. The summed E-state index contributed by atoms with van der Waals surface area (Å²) >= 11 is 0. The van der Waals surface area contributed by atoms with E-state index in [1.807, 2.05) is 90.9 Å². The number of hydrogen-bond donors (Lipinski definition) is 0. The molecule has 0 atom stereocenters. The Labute approximate surface area is 177 Å². The lowest BCUT2D eigenvalue weighted by atomic mass is 10.00. The smallest absolute Gasteiger partial charge is 0.419 e. The Kier molecular flexibility index (Phi) is 5.50. The molecule has 3 rings (SSSR count). The quantitative estimate of drug-likeness (QED) is 0.464. The second-order valence-electron chi connectivity index (χ2n) is 9.43. The summed E-state index contributed by atoms with van der Waals surface area (Å²) in [4.78, 5) is 26.1. The van der Waals surface area contributed by atoms with Crippen LogP contribution in [0.3, 0.4) is 0 Å². The molecule has 0 aliphatic heterocycles. The molecule has 0 saturated heterocycles. The molecule has 0 amide bonds. The summed E-state index contributed by atoms with van der Waals surface area (Å²) in [6, 6.07) is 15.5. The number of carbonyl (C=O) groups excluding carboxylic acids is 2. The number of esters is 1. The Morgan fingerprint density at radius 3 is 1.97 bits per heavy atom. The fourth-order valence-corrected chi connectivity index (χ4v) is 3.31. The summed E-state index contributed by atoms with van der Waals surface area (Å²) < 4.78 is 12.7. The van der Waals surface area contributed by atoms with Crippen LogP contribution in [0.15, 0.2) is 48.5 Å². The predicted molar refractivity (Wildman–Crippen MR) is 119 cm³/mol. The van der Waals surface area contributed by atoms with E-state index >= 15 is 0 Å². The van der Waals surface area contributed by atoms with Gasteiger partial charge in [0.1, 0.15) is 11.2 Å². The van der Waals surface area contributed by atoms with Gasteiger partial charge in [0.15, 0.2) is 0 Å². The molecule has 0 saturated carbocycles. The largest absolute Gasteiger partial charge is 0.456 e. The summed E-state index contributed by atoms with van der Waals surface area (Å²) in [5, 5.41) is 0.778. The van der Waals surface area contributed by atoms with Crippen LogP contribution in [-0.2, 0) is 9.47 Å². The van der Waals surface area contributed by atoms with Crippen LogP contribution in [0.4, 0.5) is 4.79 Å². The van der Waals surface area contributed by atoms with E-state index < -0.39 is 23.3 Å². The van der Waals surface area contributed by atoms with Gasteiger partial charge in [0, 0.05) is 11.1 Å². The van der Waals surface area contributed by atoms with Crippen molar-refractivity contribution in [3.05, 3.63) is 59.8 Å². The maximum Gasteiger partial charge on any atom is 0.419 e. The van der Waals surface area contributed by atoms with Gasteiger partial charge in [-0.05, 0) is 77.8 Å². The maximum atomic E-state index is 13.1. The highest BCUT2D eigenvalue weighted by atomic mass is 16.6. The number of benzene rings is 2.